The van der Waals surface area contributed by atoms with Crippen LogP contribution in [0.4, 0.5) is 0 Å². The van der Waals surface area contributed by atoms with Crippen molar-refractivity contribution in [2.75, 3.05) is 0 Å². The van der Waals surface area contributed by atoms with Crippen molar-refractivity contribution >= 4 is 53.0 Å². The van der Waals surface area contributed by atoms with Crippen molar-refractivity contribution < 1.29 is 0 Å². The molecule has 0 saturated heterocycles. The van der Waals surface area contributed by atoms with Crippen molar-refractivity contribution in [3.63, 3.8) is 0 Å². The van der Waals surface area contributed by atoms with Crippen molar-refractivity contribution in [1.82, 2.24) is 0 Å². The van der Waals surface area contributed by atoms with E-state index in [0.717, 1.165) is 0 Å². The van der Waals surface area contributed by atoms with Gasteiger partial charge in [0, 0.05) is 0 Å². The number of hydrogen-bond acceptors (Lipinski definition) is 0. The molecule has 0 spiro atoms. The molecule has 4 aromatic carbocycles. The second kappa shape index (κ2) is 9.62. The van der Waals surface area contributed by atoms with Crippen molar-refractivity contribution in [2.24, 2.45) is 0 Å². The van der Waals surface area contributed by atoms with Crippen LogP contribution in [0.15, 0.2) is 121 Å². The summed E-state index contributed by atoms with van der Waals surface area (Å²) in [4.78, 5) is 0. The average molecular weight is 463 g/mol. The van der Waals surface area contributed by atoms with Gasteiger partial charge in [0.2, 0.25) is 0 Å². The predicted molar refractivity (Wildman–Crippen MR) is 131 cm³/mol. The first kappa shape index (κ1) is 19.5. The molecule has 0 aromatic heterocycles. The molecule has 0 radical (unpaired) electrons. The molecule has 0 aliphatic heterocycles. The summed E-state index contributed by atoms with van der Waals surface area (Å²) in [6, 6.07) is 43.8. The van der Waals surface area contributed by atoms with Crippen molar-refractivity contribution in [1.29, 1.82) is 0 Å². The Morgan fingerprint density at radius 2 is 0.607 bits per heavy atom. The Morgan fingerprint density at radius 1 is 0.393 bits per heavy atom. The molecule has 0 N–H and O–H groups in total. The summed E-state index contributed by atoms with van der Waals surface area (Å²) in [6.07, 6.45) is 0. The molecule has 0 atom stereocenters. The normalized spacial score (nSPS) is 11.3. The van der Waals surface area contributed by atoms with E-state index < -0.39 is 15.8 Å². The van der Waals surface area contributed by atoms with E-state index in [2.05, 4.69) is 137 Å². The molecule has 3 heteroatoms. The van der Waals surface area contributed by atoms with Crippen LogP contribution in [0.2, 0.25) is 0 Å². The molecule has 4 aromatic rings. The van der Waals surface area contributed by atoms with Gasteiger partial charge in [0.1, 0.15) is 0 Å². The summed E-state index contributed by atoms with van der Waals surface area (Å²) >= 11 is 4.22. The van der Waals surface area contributed by atoms with Crippen LogP contribution in [0, 0.1) is 0 Å². The van der Waals surface area contributed by atoms with E-state index in [0.29, 0.717) is 4.31 Å². The molecular weight excluding hydrogens is 442 g/mol. The Labute approximate surface area is 178 Å². The smallest absolute Gasteiger partial charge is 0.0705 e. The summed E-state index contributed by atoms with van der Waals surface area (Å²) < 4.78 is 0.340. The molecule has 0 aliphatic rings. The summed E-state index contributed by atoms with van der Waals surface area (Å²) in [5.74, 6) is 0. The summed E-state index contributed by atoms with van der Waals surface area (Å²) in [6.45, 7) is 0. The third-order valence-electron chi connectivity index (χ3n) is 4.56. The molecule has 0 fully saturated rings. The van der Waals surface area contributed by atoms with Crippen LogP contribution in [0.25, 0.3) is 0 Å². The van der Waals surface area contributed by atoms with Crippen LogP contribution in [0.5, 0.6) is 0 Å². The molecule has 0 amide bonds. The highest BCUT2D eigenvalue weighted by molar-refractivity contribution is 9.12. The lowest BCUT2D eigenvalue weighted by atomic mass is 10.4. The maximum Gasteiger partial charge on any atom is 0.0705 e. The molecule has 0 saturated carbocycles. The molecule has 28 heavy (non-hydrogen) atoms. The van der Waals surface area contributed by atoms with Gasteiger partial charge in [-0.3, -0.25) is 0 Å². The molecule has 0 unspecified atom stereocenters. The van der Waals surface area contributed by atoms with E-state index in [-0.39, 0.29) is 0 Å². The van der Waals surface area contributed by atoms with Gasteiger partial charge in [0.05, 0.1) is 4.31 Å². The van der Waals surface area contributed by atoms with E-state index in [1.54, 1.807) is 0 Å². The van der Waals surface area contributed by atoms with Gasteiger partial charge < -0.3 is 0 Å². The quantitative estimate of drug-likeness (QED) is 0.246. The fourth-order valence-corrected chi connectivity index (χ4v) is 12.2. The lowest BCUT2D eigenvalue weighted by molar-refractivity contribution is 1.72. The molecule has 138 valence electrons. The number of hydrogen-bond donors (Lipinski definition) is 0. The average Bonchev–Trinajstić information content (AvgIpc) is 2.77. The van der Waals surface area contributed by atoms with Crippen molar-refractivity contribution in [2.45, 2.75) is 4.31 Å². The first-order valence-corrected chi connectivity index (χ1v) is 13.0. The van der Waals surface area contributed by atoms with Gasteiger partial charge in [0.25, 0.3) is 0 Å². The first-order chi connectivity index (χ1) is 13.8. The number of alkyl halides is 1. The van der Waals surface area contributed by atoms with E-state index >= 15 is 0 Å². The fraction of sp³-hybridized carbons (Fsp3) is 0.0400. The van der Waals surface area contributed by atoms with Gasteiger partial charge in [0.15, 0.2) is 0 Å². The van der Waals surface area contributed by atoms with Gasteiger partial charge in [-0.2, -0.15) is 0 Å². The Kier molecular flexibility index (Phi) is 6.71. The third-order valence-corrected chi connectivity index (χ3v) is 12.7. The zero-order valence-corrected chi connectivity index (χ0v) is 18.8. The van der Waals surface area contributed by atoms with E-state index in [9.17, 15) is 0 Å². The van der Waals surface area contributed by atoms with E-state index in [4.69, 9.17) is 0 Å². The zero-order chi connectivity index (χ0) is 19.2. The van der Waals surface area contributed by atoms with Crippen LogP contribution in [-0.4, -0.2) is 4.31 Å². The van der Waals surface area contributed by atoms with Crippen LogP contribution in [-0.2, 0) is 0 Å². The Hall–Kier alpha value is -1.78. The van der Waals surface area contributed by atoms with Gasteiger partial charge in [-0.15, -0.1) is 0 Å². The molecule has 4 rings (SSSR count). The zero-order valence-electron chi connectivity index (χ0n) is 15.4. The highest BCUT2D eigenvalue weighted by atomic mass is 79.9. The third kappa shape index (κ3) is 4.44. The maximum atomic E-state index is 4.22. The minimum atomic E-state index is -0.553. The summed E-state index contributed by atoms with van der Waals surface area (Å²) in [7, 11) is -1.11. The van der Waals surface area contributed by atoms with Gasteiger partial charge in [-0.1, -0.05) is 137 Å². The van der Waals surface area contributed by atoms with E-state index in [1.807, 2.05) is 0 Å². The summed E-state index contributed by atoms with van der Waals surface area (Å²) in [5, 5.41) is 5.63. The predicted octanol–water partition coefficient (Wildman–Crippen LogP) is 5.93. The number of benzene rings is 4. The highest BCUT2D eigenvalue weighted by Crippen LogP contribution is 2.59. The number of halogens is 1. The lowest BCUT2D eigenvalue weighted by Gasteiger charge is -2.32. The summed E-state index contributed by atoms with van der Waals surface area (Å²) in [5.41, 5.74) is 0. The largest absolute Gasteiger partial charge is 0.0774 e. The molecule has 0 nitrogen and oxygen atoms in total. The highest BCUT2D eigenvalue weighted by Gasteiger charge is 2.31. The Balaban J connectivity index is 1.84. The topological polar surface area (TPSA) is 0 Å². The molecule has 0 bridgehead atoms. The Morgan fingerprint density at radius 3 is 0.821 bits per heavy atom. The minimum absolute atomic E-state index is 0.340. The standard InChI is InChI=1S/C25H21BrP2/c26-25(27(21-13-5-1-6-14-21)22-15-7-2-8-16-22)28(23-17-9-3-10-18-23)24-19-11-4-12-20-24/h1-20,25H. The maximum absolute atomic E-state index is 4.22. The SMILES string of the molecule is BrC(P(c1ccccc1)c1ccccc1)P(c1ccccc1)c1ccccc1. The molecule has 0 heterocycles. The second-order valence-corrected chi connectivity index (χ2v) is 13.7. The minimum Gasteiger partial charge on any atom is -0.0774 e. The lowest BCUT2D eigenvalue weighted by Crippen LogP contribution is -2.24. The van der Waals surface area contributed by atoms with Gasteiger partial charge >= 0.3 is 0 Å². The molecular formula is C25H21BrP2. The van der Waals surface area contributed by atoms with Crippen molar-refractivity contribution in [3.8, 4) is 0 Å². The fourth-order valence-electron chi connectivity index (χ4n) is 3.26. The van der Waals surface area contributed by atoms with Gasteiger partial charge in [-0.25, -0.2) is 0 Å². The van der Waals surface area contributed by atoms with Gasteiger partial charge in [-0.05, 0) is 37.1 Å². The second-order valence-electron chi connectivity index (χ2n) is 6.39. The first-order valence-electron chi connectivity index (χ1n) is 9.27. The molecule has 0 aliphatic carbocycles. The van der Waals surface area contributed by atoms with Crippen LogP contribution < -0.4 is 21.2 Å². The van der Waals surface area contributed by atoms with Crippen LogP contribution in [0.3, 0.4) is 0 Å². The number of rotatable bonds is 6. The Bertz CT molecular complexity index is 814. The van der Waals surface area contributed by atoms with Crippen LogP contribution >= 0.6 is 31.8 Å². The van der Waals surface area contributed by atoms with E-state index in [1.165, 1.54) is 21.2 Å². The van der Waals surface area contributed by atoms with Crippen LogP contribution in [0.1, 0.15) is 0 Å². The monoisotopic (exact) mass is 462 g/mol. The van der Waals surface area contributed by atoms with Crippen molar-refractivity contribution in [3.05, 3.63) is 121 Å².